The quantitative estimate of drug-likeness (QED) is 0.208. The number of aliphatic hydroxyl groups excluding tert-OH is 1. The molecule has 0 saturated heterocycles. The fourth-order valence-corrected chi connectivity index (χ4v) is 2.31. The Morgan fingerprint density at radius 1 is 1.36 bits per heavy atom. The van der Waals surface area contributed by atoms with Crippen molar-refractivity contribution in [3.05, 3.63) is 36.1 Å². The Hall–Kier alpha value is -2.32. The number of rotatable bonds is 5. The molecule has 1 aliphatic carbocycles. The van der Waals surface area contributed by atoms with E-state index in [0.29, 0.717) is 18.0 Å². The first-order chi connectivity index (χ1) is 12.2. The van der Waals surface area contributed by atoms with Crippen LogP contribution < -0.4 is 16.8 Å². The van der Waals surface area contributed by atoms with E-state index in [-0.39, 0.29) is 11.4 Å². The molecule has 1 aromatic rings. The molecule has 1 fully saturated rings. The van der Waals surface area contributed by atoms with Gasteiger partial charge in [-0.3, -0.25) is 4.79 Å². The van der Waals surface area contributed by atoms with Gasteiger partial charge in [0.2, 0.25) is 5.95 Å². The van der Waals surface area contributed by atoms with Gasteiger partial charge in [0.1, 0.15) is 5.84 Å². The van der Waals surface area contributed by atoms with Crippen molar-refractivity contribution in [2.45, 2.75) is 38.1 Å². The minimum Gasteiger partial charge on any atom is -0.400 e. The van der Waals surface area contributed by atoms with Gasteiger partial charge in [0.15, 0.2) is 6.29 Å². The number of nitrogens with zero attached hydrogens (tertiary/aromatic N) is 2. The molecule has 25 heavy (non-hydrogen) atoms. The zero-order valence-electron chi connectivity index (χ0n) is 14.8. The summed E-state index contributed by atoms with van der Waals surface area (Å²) < 4.78 is 13.0. The minimum absolute atomic E-state index is 0.0545. The van der Waals surface area contributed by atoms with Gasteiger partial charge in [-0.15, -0.1) is 0 Å². The molecule has 0 radical (unpaired) electrons. The first-order valence-corrected chi connectivity index (χ1v) is 8.09. The van der Waals surface area contributed by atoms with Crippen molar-refractivity contribution in [3.63, 3.8) is 0 Å². The predicted octanol–water partition coefficient (Wildman–Crippen LogP) is 1.40. The number of hydrogen-bond acceptors (Lipinski definition) is 6. The third-order valence-electron chi connectivity index (χ3n) is 3.46. The van der Waals surface area contributed by atoms with Crippen molar-refractivity contribution >= 4 is 17.8 Å². The maximum atomic E-state index is 13.0. The highest BCUT2D eigenvalue weighted by molar-refractivity contribution is 6.13. The van der Waals surface area contributed by atoms with Gasteiger partial charge in [-0.25, -0.2) is 9.98 Å². The van der Waals surface area contributed by atoms with Crippen molar-refractivity contribution in [2.75, 3.05) is 14.2 Å². The zero-order valence-corrected chi connectivity index (χ0v) is 14.8. The van der Waals surface area contributed by atoms with Crippen LogP contribution in [0.3, 0.4) is 0 Å². The van der Waals surface area contributed by atoms with E-state index in [0.717, 1.165) is 26.0 Å². The van der Waals surface area contributed by atoms with Gasteiger partial charge >= 0.3 is 0 Å². The maximum Gasteiger partial charge on any atom is 0.214 e. The second kappa shape index (κ2) is 14.1. The second-order valence-corrected chi connectivity index (χ2v) is 5.05. The molecule has 0 bridgehead atoms. The molecule has 8 heteroatoms. The minimum atomic E-state index is -0.638. The van der Waals surface area contributed by atoms with Gasteiger partial charge in [0, 0.05) is 31.6 Å². The summed E-state index contributed by atoms with van der Waals surface area (Å²) in [6.07, 6.45) is 9.38. The summed E-state index contributed by atoms with van der Waals surface area (Å²) in [6, 6.07) is 3.05. The average molecular weight is 353 g/mol. The lowest BCUT2D eigenvalue weighted by molar-refractivity contribution is -0.104. The van der Waals surface area contributed by atoms with E-state index in [9.17, 15) is 9.18 Å². The van der Waals surface area contributed by atoms with Crippen LogP contribution in [0.25, 0.3) is 0 Å². The summed E-state index contributed by atoms with van der Waals surface area (Å²) in [7, 11) is 2.50. The molecular formula is C17H28FN5O2. The normalized spacial score (nSPS) is 15.2. The SMILES string of the molecule is CN.CO.NC(=Nc1ccnc(F)c1)/C(C=O)=C\NC1CCCCC1. The Bertz CT molecular complexity index is 558. The number of carbonyl (C=O) groups is 1. The summed E-state index contributed by atoms with van der Waals surface area (Å²) in [5.74, 6) is -0.583. The number of aldehydes is 1. The Labute approximate surface area is 148 Å². The zero-order chi connectivity index (χ0) is 19.1. The molecule has 6 N–H and O–H groups in total. The Morgan fingerprint density at radius 2 is 2.00 bits per heavy atom. The molecule has 1 saturated carbocycles. The molecule has 0 aliphatic heterocycles. The fourth-order valence-electron chi connectivity index (χ4n) is 2.31. The molecule has 0 spiro atoms. The number of nitrogens with two attached hydrogens (primary N) is 2. The van der Waals surface area contributed by atoms with Gasteiger partial charge in [0.05, 0.1) is 11.3 Å². The molecule has 1 heterocycles. The van der Waals surface area contributed by atoms with E-state index in [2.05, 4.69) is 21.0 Å². The maximum absolute atomic E-state index is 13.0. The molecular weight excluding hydrogens is 325 g/mol. The van der Waals surface area contributed by atoms with E-state index < -0.39 is 5.95 Å². The van der Waals surface area contributed by atoms with E-state index in [4.69, 9.17) is 10.8 Å². The molecule has 0 amide bonds. The van der Waals surface area contributed by atoms with Crippen LogP contribution in [0.1, 0.15) is 32.1 Å². The Balaban J connectivity index is 0.00000134. The lowest BCUT2D eigenvalue weighted by Crippen LogP contribution is -2.28. The van der Waals surface area contributed by atoms with Gasteiger partial charge in [0.25, 0.3) is 0 Å². The standard InChI is InChI=1S/C15H19FN4O.CH5N.CH4O/c16-14-8-13(6-7-18-14)20-15(17)11(10-21)9-19-12-4-2-1-3-5-12;2*1-2/h6-10,12,19H,1-5H2,(H2,17,18,20);2H2,1H3;2H,1H3/b11-9-;;. The number of aromatic nitrogens is 1. The highest BCUT2D eigenvalue weighted by atomic mass is 19.1. The van der Waals surface area contributed by atoms with Gasteiger partial charge < -0.3 is 21.9 Å². The highest BCUT2D eigenvalue weighted by Crippen LogP contribution is 2.17. The van der Waals surface area contributed by atoms with Crippen LogP contribution in [0, 0.1) is 5.95 Å². The Morgan fingerprint density at radius 3 is 2.56 bits per heavy atom. The molecule has 0 atom stereocenters. The number of amidine groups is 1. The van der Waals surface area contributed by atoms with E-state index in [1.54, 1.807) is 6.20 Å². The number of aliphatic hydroxyl groups is 1. The average Bonchev–Trinajstić information content (AvgIpc) is 2.66. The third kappa shape index (κ3) is 8.92. The van der Waals surface area contributed by atoms with Crippen LogP contribution in [-0.2, 0) is 4.79 Å². The molecule has 1 aliphatic rings. The number of carbonyl (C=O) groups excluding carboxylic acids is 1. The lowest BCUT2D eigenvalue weighted by atomic mass is 9.96. The van der Waals surface area contributed by atoms with Crippen LogP contribution in [-0.4, -0.2) is 42.4 Å². The number of nitrogens with one attached hydrogen (secondary N) is 1. The van der Waals surface area contributed by atoms with Crippen molar-refractivity contribution in [1.82, 2.24) is 10.3 Å². The van der Waals surface area contributed by atoms with E-state index in [1.807, 2.05) is 0 Å². The Kier molecular flexibility index (Phi) is 12.8. The van der Waals surface area contributed by atoms with Crippen LogP contribution in [0.4, 0.5) is 10.1 Å². The molecule has 0 unspecified atom stereocenters. The van der Waals surface area contributed by atoms with E-state index in [1.165, 1.54) is 38.6 Å². The summed E-state index contributed by atoms with van der Waals surface area (Å²) in [6.45, 7) is 0. The number of pyridine rings is 1. The number of hydrogen-bond donors (Lipinski definition) is 4. The number of halogens is 1. The predicted molar refractivity (Wildman–Crippen MR) is 97.9 cm³/mol. The molecule has 2 rings (SSSR count). The molecule has 1 aromatic heterocycles. The smallest absolute Gasteiger partial charge is 0.214 e. The van der Waals surface area contributed by atoms with Crippen molar-refractivity contribution < 1.29 is 14.3 Å². The summed E-state index contributed by atoms with van der Waals surface area (Å²) in [5.41, 5.74) is 10.9. The first-order valence-electron chi connectivity index (χ1n) is 8.09. The highest BCUT2D eigenvalue weighted by Gasteiger charge is 2.12. The second-order valence-electron chi connectivity index (χ2n) is 5.05. The fraction of sp³-hybridized carbons (Fsp3) is 0.471. The largest absolute Gasteiger partial charge is 0.400 e. The summed E-state index contributed by atoms with van der Waals surface area (Å²) in [5, 5.41) is 10.2. The van der Waals surface area contributed by atoms with Crippen LogP contribution in [0.2, 0.25) is 0 Å². The monoisotopic (exact) mass is 353 g/mol. The molecule has 0 aromatic carbocycles. The van der Waals surface area contributed by atoms with Crippen LogP contribution in [0.15, 0.2) is 35.1 Å². The van der Waals surface area contributed by atoms with Crippen LogP contribution >= 0.6 is 0 Å². The summed E-state index contributed by atoms with van der Waals surface area (Å²) in [4.78, 5) is 18.6. The first kappa shape index (κ1) is 22.7. The number of aliphatic imine (C=N–C) groups is 1. The van der Waals surface area contributed by atoms with Crippen molar-refractivity contribution in [2.24, 2.45) is 16.5 Å². The van der Waals surface area contributed by atoms with Crippen molar-refractivity contribution in [1.29, 1.82) is 0 Å². The lowest BCUT2D eigenvalue weighted by Gasteiger charge is -2.22. The van der Waals surface area contributed by atoms with Crippen molar-refractivity contribution in [3.8, 4) is 0 Å². The molecule has 7 nitrogen and oxygen atoms in total. The van der Waals surface area contributed by atoms with Gasteiger partial charge in [-0.2, -0.15) is 4.39 Å². The molecule has 140 valence electrons. The third-order valence-corrected chi connectivity index (χ3v) is 3.46. The topological polar surface area (TPSA) is 127 Å². The van der Waals surface area contributed by atoms with Crippen LogP contribution in [0.5, 0.6) is 0 Å². The van der Waals surface area contributed by atoms with E-state index >= 15 is 0 Å². The van der Waals surface area contributed by atoms with Gasteiger partial charge in [-0.1, -0.05) is 19.3 Å². The summed E-state index contributed by atoms with van der Waals surface area (Å²) >= 11 is 0. The van der Waals surface area contributed by atoms with Gasteiger partial charge in [-0.05, 0) is 26.0 Å².